The summed E-state index contributed by atoms with van der Waals surface area (Å²) in [5.74, 6) is 1.28. The van der Waals surface area contributed by atoms with Crippen molar-refractivity contribution in [1.29, 1.82) is 5.26 Å². The van der Waals surface area contributed by atoms with E-state index >= 15 is 0 Å². The summed E-state index contributed by atoms with van der Waals surface area (Å²) in [6, 6.07) is 2.25. The van der Waals surface area contributed by atoms with Crippen LogP contribution in [0.1, 0.15) is 52.4 Å². The fourth-order valence-electron chi connectivity index (χ4n) is 3.16. The normalized spacial score (nSPS) is 23.8. The quantitative estimate of drug-likeness (QED) is 0.640. The molecule has 0 saturated heterocycles. The van der Waals surface area contributed by atoms with Crippen molar-refractivity contribution >= 4 is 8.80 Å². The van der Waals surface area contributed by atoms with Crippen LogP contribution in [0, 0.1) is 23.2 Å². The molecule has 0 aromatic heterocycles. The minimum Gasteiger partial charge on any atom is -0.377 e. The minimum atomic E-state index is -2.50. The van der Waals surface area contributed by atoms with Crippen LogP contribution in [0.4, 0.5) is 0 Å². The van der Waals surface area contributed by atoms with Crippen molar-refractivity contribution in [2.24, 2.45) is 11.8 Å². The van der Waals surface area contributed by atoms with E-state index in [9.17, 15) is 0 Å². The summed E-state index contributed by atoms with van der Waals surface area (Å²) < 4.78 is 17.3. The van der Waals surface area contributed by atoms with Crippen LogP contribution in [0.2, 0.25) is 5.54 Å². The molecule has 0 heterocycles. The predicted octanol–water partition coefficient (Wildman–Crippen LogP) is 3.75. The number of hydrogen-bond acceptors (Lipinski definition) is 4. The lowest BCUT2D eigenvalue weighted by Gasteiger charge is -2.34. The number of hydrogen-bond donors (Lipinski definition) is 0. The van der Waals surface area contributed by atoms with Gasteiger partial charge in [0.1, 0.15) is 0 Å². The van der Waals surface area contributed by atoms with Crippen molar-refractivity contribution in [1.82, 2.24) is 0 Å². The molecule has 116 valence electrons. The molecule has 5 heteroatoms. The first-order chi connectivity index (χ1) is 9.57. The summed E-state index contributed by atoms with van der Waals surface area (Å²) in [4.78, 5) is 0. The smallest absolute Gasteiger partial charge is 0.377 e. The molecular weight excluding hydrogens is 270 g/mol. The van der Waals surface area contributed by atoms with Crippen molar-refractivity contribution < 1.29 is 13.3 Å². The molecule has 2 atom stereocenters. The fourth-order valence-corrected chi connectivity index (χ4v) is 5.30. The maximum Gasteiger partial charge on any atom is 0.503 e. The second-order valence-corrected chi connectivity index (χ2v) is 9.54. The van der Waals surface area contributed by atoms with Crippen LogP contribution >= 0.6 is 0 Å². The highest BCUT2D eigenvalue weighted by Gasteiger charge is 2.43. The summed E-state index contributed by atoms with van der Waals surface area (Å²) in [5, 5.41) is 8.70. The van der Waals surface area contributed by atoms with Crippen molar-refractivity contribution in [2.75, 3.05) is 20.8 Å². The van der Waals surface area contributed by atoms with Crippen LogP contribution in [0.25, 0.3) is 0 Å². The van der Waals surface area contributed by atoms with Gasteiger partial charge in [-0.1, -0.05) is 26.7 Å². The second kappa shape index (κ2) is 8.78. The zero-order valence-electron chi connectivity index (χ0n) is 13.4. The summed E-state index contributed by atoms with van der Waals surface area (Å²) in [7, 11) is 0.869. The molecule has 20 heavy (non-hydrogen) atoms. The van der Waals surface area contributed by atoms with E-state index in [2.05, 4.69) is 19.9 Å². The number of rotatable bonds is 8. The zero-order chi connectivity index (χ0) is 15.0. The van der Waals surface area contributed by atoms with Gasteiger partial charge >= 0.3 is 8.80 Å². The summed E-state index contributed by atoms with van der Waals surface area (Å²) in [6.07, 6.45) is 6.63. The van der Waals surface area contributed by atoms with Gasteiger partial charge in [0.25, 0.3) is 0 Å². The molecule has 1 fully saturated rings. The van der Waals surface area contributed by atoms with Crippen LogP contribution in [-0.2, 0) is 13.3 Å². The Bertz CT molecular complexity index is 313. The molecular formula is C15H29NO3Si. The molecule has 1 aliphatic carbocycles. The molecule has 1 saturated carbocycles. The lowest BCUT2D eigenvalue weighted by Crippen LogP contribution is -2.48. The van der Waals surface area contributed by atoms with E-state index < -0.39 is 8.80 Å². The monoisotopic (exact) mass is 299 g/mol. The van der Waals surface area contributed by atoms with E-state index in [1.54, 1.807) is 14.2 Å². The van der Waals surface area contributed by atoms with Gasteiger partial charge in [0.05, 0.1) is 6.07 Å². The van der Waals surface area contributed by atoms with Gasteiger partial charge in [-0.05, 0) is 31.1 Å². The summed E-state index contributed by atoms with van der Waals surface area (Å²) >= 11 is 0. The van der Waals surface area contributed by atoms with Crippen LogP contribution in [0.3, 0.4) is 0 Å². The highest BCUT2D eigenvalue weighted by atomic mass is 28.4. The lowest BCUT2D eigenvalue weighted by atomic mass is 9.80. The van der Waals surface area contributed by atoms with Gasteiger partial charge in [-0.25, -0.2) is 0 Å². The Morgan fingerprint density at radius 2 is 1.85 bits per heavy atom. The van der Waals surface area contributed by atoms with Gasteiger partial charge < -0.3 is 13.3 Å². The third-order valence-electron chi connectivity index (χ3n) is 4.35. The molecule has 4 nitrogen and oxygen atoms in total. The highest BCUT2D eigenvalue weighted by molar-refractivity contribution is 6.62. The van der Waals surface area contributed by atoms with E-state index in [0.29, 0.717) is 18.3 Å². The van der Waals surface area contributed by atoms with E-state index in [1.165, 1.54) is 25.7 Å². The fraction of sp³-hybridized carbons (Fsp3) is 0.933. The number of nitrogens with zero attached hydrogens (tertiary/aromatic N) is 1. The summed E-state index contributed by atoms with van der Waals surface area (Å²) in [5.41, 5.74) is 0.274. The third-order valence-corrected chi connectivity index (χ3v) is 7.47. The molecule has 0 spiro atoms. The molecule has 0 aromatic carbocycles. The maximum absolute atomic E-state index is 8.70. The Kier molecular flexibility index (Phi) is 7.74. The zero-order valence-corrected chi connectivity index (χ0v) is 14.4. The molecule has 1 aliphatic rings. The van der Waals surface area contributed by atoms with Gasteiger partial charge in [0, 0.05) is 32.8 Å². The second-order valence-electron chi connectivity index (χ2n) is 6.07. The maximum atomic E-state index is 8.70. The van der Waals surface area contributed by atoms with Crippen molar-refractivity contribution in [3.8, 4) is 6.07 Å². The molecule has 1 rings (SSSR count). The topological polar surface area (TPSA) is 51.5 Å². The molecule has 0 bridgehead atoms. The predicted molar refractivity (Wildman–Crippen MR) is 81.1 cm³/mol. The van der Waals surface area contributed by atoms with Gasteiger partial charge in [-0.15, -0.1) is 0 Å². The molecule has 2 unspecified atom stereocenters. The minimum absolute atomic E-state index is 0.274. The molecule has 0 aromatic rings. The van der Waals surface area contributed by atoms with Gasteiger partial charge in [0.2, 0.25) is 0 Å². The van der Waals surface area contributed by atoms with E-state index in [-0.39, 0.29) is 5.54 Å². The van der Waals surface area contributed by atoms with E-state index in [1.807, 2.05) is 0 Å². The average molecular weight is 299 g/mol. The van der Waals surface area contributed by atoms with Gasteiger partial charge in [-0.3, -0.25) is 0 Å². The Morgan fingerprint density at radius 3 is 2.40 bits per heavy atom. The lowest BCUT2D eigenvalue weighted by molar-refractivity contribution is 0.0617. The highest BCUT2D eigenvalue weighted by Crippen LogP contribution is 2.33. The average Bonchev–Trinajstić information content (AvgIpc) is 2.47. The van der Waals surface area contributed by atoms with Gasteiger partial charge in [0.15, 0.2) is 0 Å². The standard InChI is InChI=1S/C15H29NO3Si/c1-13(2)20(17-3,18-4)19-12-15-8-5-7-14(11-15)9-6-10-16/h13-15H,5-9,11-12H2,1-4H3. The number of nitriles is 1. The van der Waals surface area contributed by atoms with Crippen LogP contribution in [0.15, 0.2) is 0 Å². The van der Waals surface area contributed by atoms with Crippen LogP contribution in [0.5, 0.6) is 0 Å². The Hall–Kier alpha value is -0.413. The van der Waals surface area contributed by atoms with Crippen molar-refractivity contribution in [3.63, 3.8) is 0 Å². The first-order valence-corrected chi connectivity index (χ1v) is 9.49. The molecule has 0 amide bonds. The van der Waals surface area contributed by atoms with Gasteiger partial charge in [-0.2, -0.15) is 5.26 Å². The SMILES string of the molecule is CO[Si](OC)(OCC1CCCC(CCC#N)C1)C(C)C. The molecule has 0 N–H and O–H groups in total. The third kappa shape index (κ3) is 4.85. The van der Waals surface area contributed by atoms with E-state index in [4.69, 9.17) is 18.5 Å². The molecule has 0 radical (unpaired) electrons. The summed E-state index contributed by atoms with van der Waals surface area (Å²) in [6.45, 7) is 4.92. The van der Waals surface area contributed by atoms with Crippen molar-refractivity contribution in [2.45, 2.75) is 57.9 Å². The van der Waals surface area contributed by atoms with Crippen LogP contribution in [-0.4, -0.2) is 29.6 Å². The van der Waals surface area contributed by atoms with E-state index in [0.717, 1.165) is 13.0 Å². The first kappa shape index (κ1) is 17.6. The molecule has 0 aliphatic heterocycles. The van der Waals surface area contributed by atoms with Crippen LogP contribution < -0.4 is 0 Å². The largest absolute Gasteiger partial charge is 0.503 e. The Labute approximate surface area is 124 Å². The Balaban J connectivity index is 2.45. The first-order valence-electron chi connectivity index (χ1n) is 7.69. The van der Waals surface area contributed by atoms with Crippen molar-refractivity contribution in [3.05, 3.63) is 0 Å². The Morgan fingerprint density at radius 1 is 1.20 bits per heavy atom.